The summed E-state index contributed by atoms with van der Waals surface area (Å²) in [5, 5.41) is 24.9. The third kappa shape index (κ3) is 6.58. The molecule has 0 radical (unpaired) electrons. The molecule has 0 amide bonds. The van der Waals surface area contributed by atoms with Gasteiger partial charge < -0.3 is 15.3 Å². The number of anilines is 2. The monoisotopic (exact) mass is 493 g/mol. The molecule has 1 aromatic heterocycles. The predicted molar refractivity (Wildman–Crippen MR) is 130 cm³/mol. The first-order valence-corrected chi connectivity index (χ1v) is 10.7. The van der Waals surface area contributed by atoms with Crippen molar-refractivity contribution in [1.82, 2.24) is 14.8 Å². The molecule has 1 saturated heterocycles. The maximum absolute atomic E-state index is 10.4. The summed E-state index contributed by atoms with van der Waals surface area (Å²) in [6, 6.07) is 13.0. The fourth-order valence-electron chi connectivity index (χ4n) is 3.83. The summed E-state index contributed by atoms with van der Waals surface area (Å²) in [6.45, 7) is 4.45. The van der Waals surface area contributed by atoms with Crippen LogP contribution in [-0.4, -0.2) is 64.3 Å². The topological polar surface area (TPSA) is 104 Å². The molecule has 2 heterocycles. The quantitative estimate of drug-likeness (QED) is 0.274. The lowest BCUT2D eigenvalue weighted by atomic mass is 10.1. The maximum Gasteiger partial charge on any atom is 0.294 e. The number of hydrogen-bond acceptors (Lipinski definition) is 8. The van der Waals surface area contributed by atoms with Crippen molar-refractivity contribution in [2.75, 3.05) is 44.6 Å². The highest BCUT2D eigenvalue weighted by Crippen LogP contribution is 2.29. The zero-order chi connectivity index (χ0) is 22.5. The molecule has 2 aromatic carbocycles. The van der Waals surface area contributed by atoms with E-state index in [4.69, 9.17) is 11.6 Å². The van der Waals surface area contributed by atoms with Gasteiger partial charge >= 0.3 is 0 Å². The highest BCUT2D eigenvalue weighted by atomic mass is 35.5. The first-order chi connectivity index (χ1) is 15.5. The number of nitrogens with zero attached hydrogens (tertiary/aromatic N) is 4. The molecule has 0 bridgehead atoms. The number of aromatic nitrogens is 1. The zero-order valence-electron chi connectivity index (χ0n) is 17.8. The van der Waals surface area contributed by atoms with Crippen LogP contribution >= 0.6 is 24.0 Å². The molecule has 1 aliphatic heterocycles. The SMILES string of the molecule is Cl.O=[N+]([O-])OCCN1CCN(Cc2cc(Nc3ccnc4cc(Cl)ccc34)ccc2O)CC1. The minimum atomic E-state index is -0.760. The van der Waals surface area contributed by atoms with Gasteiger partial charge in [-0.2, -0.15) is 0 Å². The molecule has 11 heteroatoms. The lowest BCUT2D eigenvalue weighted by molar-refractivity contribution is -0.757. The zero-order valence-corrected chi connectivity index (χ0v) is 19.4. The standard InChI is InChI=1S/C22H24ClN5O4.ClH/c23-17-1-3-19-20(5-6-24-21(19)14-17)25-18-2-4-22(29)16(13-18)15-27-9-7-26(8-10-27)11-12-32-28(30)31;/h1-6,13-14,29H,7-12,15H2,(H,24,25);1H. The van der Waals surface area contributed by atoms with E-state index in [0.717, 1.165) is 54.0 Å². The van der Waals surface area contributed by atoms with Gasteiger partial charge in [0, 0.05) is 72.8 Å². The lowest BCUT2D eigenvalue weighted by Gasteiger charge is -2.34. The summed E-state index contributed by atoms with van der Waals surface area (Å²) in [5.41, 5.74) is 3.43. The summed E-state index contributed by atoms with van der Waals surface area (Å²) >= 11 is 6.08. The summed E-state index contributed by atoms with van der Waals surface area (Å²) in [6.07, 6.45) is 1.73. The Hall–Kier alpha value is -2.85. The van der Waals surface area contributed by atoms with Crippen molar-refractivity contribution in [3.05, 3.63) is 69.4 Å². The van der Waals surface area contributed by atoms with Crippen molar-refractivity contribution in [2.24, 2.45) is 0 Å². The van der Waals surface area contributed by atoms with E-state index in [9.17, 15) is 15.2 Å². The number of piperazine rings is 1. The van der Waals surface area contributed by atoms with E-state index in [-0.39, 0.29) is 24.8 Å². The molecule has 1 fully saturated rings. The Balaban J connectivity index is 0.00000306. The Morgan fingerprint density at radius 3 is 2.64 bits per heavy atom. The number of fused-ring (bicyclic) bond motifs is 1. The second-order valence-electron chi connectivity index (χ2n) is 7.66. The summed E-state index contributed by atoms with van der Waals surface area (Å²) in [5.74, 6) is 0.253. The minimum absolute atomic E-state index is 0. The average molecular weight is 494 g/mol. The fourth-order valence-corrected chi connectivity index (χ4v) is 4.00. The van der Waals surface area contributed by atoms with E-state index in [0.29, 0.717) is 18.1 Å². The first kappa shape index (κ1) is 24.8. The molecule has 2 N–H and O–H groups in total. The maximum atomic E-state index is 10.4. The Morgan fingerprint density at radius 2 is 1.88 bits per heavy atom. The number of hydrogen-bond donors (Lipinski definition) is 2. The van der Waals surface area contributed by atoms with Crippen molar-refractivity contribution in [3.8, 4) is 5.75 Å². The molecular weight excluding hydrogens is 469 g/mol. The number of aromatic hydroxyl groups is 1. The van der Waals surface area contributed by atoms with Crippen LogP contribution in [0.15, 0.2) is 48.7 Å². The van der Waals surface area contributed by atoms with Gasteiger partial charge in [-0.05, 0) is 42.5 Å². The van der Waals surface area contributed by atoms with Gasteiger partial charge in [0.1, 0.15) is 12.4 Å². The highest BCUT2D eigenvalue weighted by Gasteiger charge is 2.18. The number of phenolic OH excluding ortho intramolecular Hbond substituents is 1. The first-order valence-electron chi connectivity index (χ1n) is 10.3. The molecule has 0 atom stereocenters. The molecular formula is C22H25Cl2N5O4. The van der Waals surface area contributed by atoms with Crippen LogP contribution in [0.5, 0.6) is 5.75 Å². The number of nitrogens with one attached hydrogen (secondary N) is 1. The largest absolute Gasteiger partial charge is 0.508 e. The van der Waals surface area contributed by atoms with Gasteiger partial charge in [-0.3, -0.25) is 14.8 Å². The Morgan fingerprint density at radius 1 is 1.12 bits per heavy atom. The van der Waals surface area contributed by atoms with Crippen LogP contribution in [0.25, 0.3) is 10.9 Å². The van der Waals surface area contributed by atoms with E-state index < -0.39 is 5.09 Å². The molecule has 1 aliphatic rings. The number of phenols is 1. The summed E-state index contributed by atoms with van der Waals surface area (Å²) in [4.78, 5) is 23.4. The van der Waals surface area contributed by atoms with Gasteiger partial charge in [-0.1, -0.05) is 11.6 Å². The van der Waals surface area contributed by atoms with Crippen molar-refractivity contribution in [1.29, 1.82) is 0 Å². The molecule has 3 aromatic rings. The minimum Gasteiger partial charge on any atom is -0.508 e. The van der Waals surface area contributed by atoms with Gasteiger partial charge in [-0.25, -0.2) is 0 Å². The molecule has 4 rings (SSSR count). The van der Waals surface area contributed by atoms with Crippen molar-refractivity contribution >= 4 is 46.3 Å². The smallest absolute Gasteiger partial charge is 0.294 e. The van der Waals surface area contributed by atoms with Gasteiger partial charge in [0.05, 0.1) is 5.52 Å². The second kappa shape index (κ2) is 11.3. The normalized spacial score (nSPS) is 14.6. The highest BCUT2D eigenvalue weighted by molar-refractivity contribution is 6.31. The van der Waals surface area contributed by atoms with Crippen LogP contribution in [0.2, 0.25) is 5.02 Å². The number of benzene rings is 2. The van der Waals surface area contributed by atoms with Gasteiger partial charge in [0.2, 0.25) is 0 Å². The Labute approximate surface area is 202 Å². The van der Waals surface area contributed by atoms with Crippen LogP contribution in [-0.2, 0) is 11.4 Å². The van der Waals surface area contributed by atoms with Crippen LogP contribution in [0, 0.1) is 10.1 Å². The number of rotatable bonds is 8. The van der Waals surface area contributed by atoms with Crippen molar-refractivity contribution in [2.45, 2.75) is 6.54 Å². The van der Waals surface area contributed by atoms with Crippen LogP contribution in [0.3, 0.4) is 0 Å². The lowest BCUT2D eigenvalue weighted by Crippen LogP contribution is -2.46. The summed E-state index contributed by atoms with van der Waals surface area (Å²) < 4.78 is 0. The van der Waals surface area contributed by atoms with E-state index in [2.05, 4.69) is 24.9 Å². The molecule has 176 valence electrons. The Kier molecular flexibility index (Phi) is 8.51. The average Bonchev–Trinajstić information content (AvgIpc) is 2.77. The van der Waals surface area contributed by atoms with Crippen molar-refractivity contribution < 1.29 is 15.0 Å². The van der Waals surface area contributed by atoms with E-state index >= 15 is 0 Å². The fraction of sp³-hybridized carbons (Fsp3) is 0.318. The molecule has 33 heavy (non-hydrogen) atoms. The van der Waals surface area contributed by atoms with Gasteiger partial charge in [0.25, 0.3) is 5.09 Å². The van der Waals surface area contributed by atoms with Crippen LogP contribution < -0.4 is 5.32 Å². The van der Waals surface area contributed by atoms with Gasteiger partial charge in [0.15, 0.2) is 0 Å². The summed E-state index contributed by atoms with van der Waals surface area (Å²) in [7, 11) is 0. The molecule has 0 saturated carbocycles. The van der Waals surface area contributed by atoms with E-state index in [1.165, 1.54) is 0 Å². The number of halogens is 2. The molecule has 0 spiro atoms. The number of pyridine rings is 1. The Bertz CT molecular complexity index is 1110. The molecule has 0 unspecified atom stereocenters. The molecule has 0 aliphatic carbocycles. The van der Waals surface area contributed by atoms with Gasteiger partial charge in [-0.15, -0.1) is 22.5 Å². The molecule has 9 nitrogen and oxygen atoms in total. The van der Waals surface area contributed by atoms with E-state index in [1.54, 1.807) is 12.3 Å². The van der Waals surface area contributed by atoms with Crippen molar-refractivity contribution in [3.63, 3.8) is 0 Å². The van der Waals surface area contributed by atoms with E-state index in [1.807, 2.05) is 36.4 Å². The van der Waals surface area contributed by atoms with Crippen LogP contribution in [0.1, 0.15) is 5.56 Å². The predicted octanol–water partition coefficient (Wildman–Crippen LogP) is 4.09. The van der Waals surface area contributed by atoms with Crippen LogP contribution in [0.4, 0.5) is 11.4 Å². The second-order valence-corrected chi connectivity index (χ2v) is 8.10. The third-order valence-electron chi connectivity index (χ3n) is 5.53. The third-order valence-corrected chi connectivity index (χ3v) is 5.76.